The van der Waals surface area contributed by atoms with E-state index in [4.69, 9.17) is 16.7 Å². The highest BCUT2D eigenvalue weighted by Crippen LogP contribution is 2.20. The monoisotopic (exact) mass is 294 g/mol. The van der Waals surface area contributed by atoms with Crippen LogP contribution in [0.1, 0.15) is 26.4 Å². The number of thiophene rings is 1. The minimum atomic E-state index is -0.938. The number of carbonyl (C=O) groups is 2. The van der Waals surface area contributed by atoms with Crippen molar-refractivity contribution in [2.75, 3.05) is 0 Å². The van der Waals surface area contributed by atoms with Gasteiger partial charge < -0.3 is 5.11 Å². The molecular formula is C14H11ClO3S. The molecule has 1 aromatic heterocycles. The largest absolute Gasteiger partial charge is 0.481 e. The zero-order valence-electron chi connectivity index (χ0n) is 9.93. The molecule has 1 heterocycles. The number of halogens is 1. The normalized spacial score (nSPS) is 10.4. The lowest BCUT2D eigenvalue weighted by atomic mass is 10.00. The van der Waals surface area contributed by atoms with E-state index in [1.807, 2.05) is 11.4 Å². The molecule has 2 rings (SSSR count). The molecule has 0 aliphatic carbocycles. The van der Waals surface area contributed by atoms with Gasteiger partial charge in [0.2, 0.25) is 5.78 Å². The lowest BCUT2D eigenvalue weighted by Crippen LogP contribution is -2.06. The fourth-order valence-corrected chi connectivity index (χ4v) is 2.72. The molecule has 0 saturated carbocycles. The van der Waals surface area contributed by atoms with Crippen molar-refractivity contribution >= 4 is 34.7 Å². The molecule has 0 unspecified atom stereocenters. The van der Waals surface area contributed by atoms with Gasteiger partial charge in [0.1, 0.15) is 0 Å². The third-order valence-electron chi connectivity index (χ3n) is 2.70. The van der Waals surface area contributed by atoms with Gasteiger partial charge in [0.15, 0.2) is 0 Å². The number of carbonyl (C=O) groups excluding carboxylic acids is 1. The summed E-state index contributed by atoms with van der Waals surface area (Å²) in [6.07, 6.45) is -0.131. The Hall–Kier alpha value is -1.65. The van der Waals surface area contributed by atoms with Crippen LogP contribution in [0, 0.1) is 0 Å². The summed E-state index contributed by atoms with van der Waals surface area (Å²) in [6, 6.07) is 8.58. The highest BCUT2D eigenvalue weighted by atomic mass is 35.5. The number of carboxylic acids is 1. The summed E-state index contributed by atoms with van der Waals surface area (Å²) in [4.78, 5) is 23.6. The van der Waals surface area contributed by atoms with Gasteiger partial charge in [-0.15, -0.1) is 22.9 Å². The maximum atomic E-state index is 12.2. The van der Waals surface area contributed by atoms with E-state index in [1.54, 1.807) is 24.3 Å². The number of ketones is 1. The van der Waals surface area contributed by atoms with E-state index in [0.29, 0.717) is 16.0 Å². The third kappa shape index (κ3) is 3.22. The number of aliphatic carboxylic acids is 1. The van der Waals surface area contributed by atoms with Crippen LogP contribution < -0.4 is 0 Å². The van der Waals surface area contributed by atoms with Crippen LogP contribution >= 0.6 is 22.9 Å². The maximum absolute atomic E-state index is 12.2. The summed E-state index contributed by atoms with van der Waals surface area (Å²) < 4.78 is 0. The molecule has 19 heavy (non-hydrogen) atoms. The molecule has 0 bridgehead atoms. The molecule has 0 radical (unpaired) electrons. The molecule has 0 atom stereocenters. The summed E-state index contributed by atoms with van der Waals surface area (Å²) in [7, 11) is 0. The molecule has 1 aromatic carbocycles. The lowest BCUT2D eigenvalue weighted by molar-refractivity contribution is -0.136. The molecule has 0 aliphatic rings. The zero-order valence-corrected chi connectivity index (χ0v) is 11.5. The molecule has 2 aromatic rings. The first kappa shape index (κ1) is 13.8. The van der Waals surface area contributed by atoms with E-state index in [9.17, 15) is 9.59 Å². The zero-order chi connectivity index (χ0) is 13.8. The Morgan fingerprint density at radius 1 is 1.21 bits per heavy atom. The predicted octanol–water partition coefficient (Wildman–Crippen LogP) is 3.35. The van der Waals surface area contributed by atoms with Crippen LogP contribution in [0.2, 0.25) is 0 Å². The molecule has 0 amide bonds. The fraction of sp³-hybridized carbons (Fsp3) is 0.143. The highest BCUT2D eigenvalue weighted by Gasteiger charge is 2.13. The molecule has 0 aliphatic heterocycles. The summed E-state index contributed by atoms with van der Waals surface area (Å²) in [5, 5.41) is 10.7. The fourth-order valence-electron chi connectivity index (χ4n) is 1.78. The Bertz CT molecular complexity index is 605. The van der Waals surface area contributed by atoms with Crippen molar-refractivity contribution in [3.8, 4) is 0 Å². The van der Waals surface area contributed by atoms with Crippen LogP contribution in [0.25, 0.3) is 0 Å². The quantitative estimate of drug-likeness (QED) is 0.679. The van der Waals surface area contributed by atoms with E-state index in [-0.39, 0.29) is 18.1 Å². The van der Waals surface area contributed by atoms with Gasteiger partial charge in [0, 0.05) is 11.4 Å². The Morgan fingerprint density at radius 2 is 2.00 bits per heavy atom. The van der Waals surface area contributed by atoms with Gasteiger partial charge in [-0.25, -0.2) is 0 Å². The van der Waals surface area contributed by atoms with E-state index in [0.717, 1.165) is 5.56 Å². The first-order valence-electron chi connectivity index (χ1n) is 5.59. The van der Waals surface area contributed by atoms with E-state index in [2.05, 4.69) is 0 Å². The van der Waals surface area contributed by atoms with E-state index < -0.39 is 5.97 Å². The first-order valence-corrected chi connectivity index (χ1v) is 7.01. The predicted molar refractivity (Wildman–Crippen MR) is 75.1 cm³/mol. The first-order chi connectivity index (χ1) is 9.11. The Balaban J connectivity index is 2.37. The van der Waals surface area contributed by atoms with Crippen LogP contribution in [0.5, 0.6) is 0 Å². The third-order valence-corrected chi connectivity index (χ3v) is 3.86. The number of alkyl halides is 1. The van der Waals surface area contributed by atoms with Gasteiger partial charge >= 0.3 is 5.97 Å². The Kier molecular flexibility index (Phi) is 4.35. The number of benzene rings is 1. The second-order valence-corrected chi connectivity index (χ2v) is 5.21. The Morgan fingerprint density at radius 3 is 2.58 bits per heavy atom. The van der Waals surface area contributed by atoms with Crippen molar-refractivity contribution in [3.63, 3.8) is 0 Å². The molecule has 0 spiro atoms. The molecule has 98 valence electrons. The van der Waals surface area contributed by atoms with Crippen molar-refractivity contribution in [2.45, 2.75) is 12.3 Å². The van der Waals surface area contributed by atoms with Gasteiger partial charge in [-0.3, -0.25) is 9.59 Å². The molecule has 1 N–H and O–H groups in total. The van der Waals surface area contributed by atoms with Crippen LogP contribution in [-0.2, 0) is 17.1 Å². The van der Waals surface area contributed by atoms with Crippen molar-refractivity contribution < 1.29 is 14.7 Å². The topological polar surface area (TPSA) is 54.4 Å². The van der Waals surface area contributed by atoms with Crippen LogP contribution in [0.3, 0.4) is 0 Å². The molecule has 0 fully saturated rings. The number of hydrogen-bond donors (Lipinski definition) is 1. The Labute approximate surface area is 119 Å². The van der Waals surface area contributed by atoms with Gasteiger partial charge in [-0.05, 0) is 28.6 Å². The summed E-state index contributed by atoms with van der Waals surface area (Å²) >= 11 is 7.13. The average Bonchev–Trinajstić information content (AvgIpc) is 2.91. The van der Waals surface area contributed by atoms with E-state index in [1.165, 1.54) is 11.3 Å². The SMILES string of the molecule is O=C(O)Cc1cc(C(=O)c2cccs2)ccc1CCl. The van der Waals surface area contributed by atoms with Gasteiger partial charge in [-0.1, -0.05) is 18.2 Å². The standard InChI is InChI=1S/C14H11ClO3S/c15-8-10-4-3-9(6-11(10)7-13(16)17)14(18)12-2-1-5-19-12/h1-6H,7-8H2,(H,16,17). The van der Waals surface area contributed by atoms with Gasteiger partial charge in [-0.2, -0.15) is 0 Å². The molecule has 0 saturated heterocycles. The van der Waals surface area contributed by atoms with E-state index >= 15 is 0 Å². The minimum absolute atomic E-state index is 0.0947. The molecule has 5 heteroatoms. The minimum Gasteiger partial charge on any atom is -0.481 e. The number of hydrogen-bond acceptors (Lipinski definition) is 3. The summed E-state index contributed by atoms with van der Waals surface area (Å²) in [6.45, 7) is 0. The summed E-state index contributed by atoms with van der Waals surface area (Å²) in [5.74, 6) is -0.800. The second-order valence-electron chi connectivity index (χ2n) is 3.99. The van der Waals surface area contributed by atoms with Crippen LogP contribution in [-0.4, -0.2) is 16.9 Å². The number of carboxylic acid groups (broad SMARTS) is 1. The van der Waals surface area contributed by atoms with Gasteiger partial charge in [0.25, 0.3) is 0 Å². The van der Waals surface area contributed by atoms with Crippen molar-refractivity contribution in [1.82, 2.24) is 0 Å². The number of rotatable bonds is 5. The van der Waals surface area contributed by atoms with Gasteiger partial charge in [0.05, 0.1) is 11.3 Å². The average molecular weight is 295 g/mol. The molecular weight excluding hydrogens is 284 g/mol. The maximum Gasteiger partial charge on any atom is 0.307 e. The van der Waals surface area contributed by atoms with Crippen molar-refractivity contribution in [1.29, 1.82) is 0 Å². The molecule has 3 nitrogen and oxygen atoms in total. The van der Waals surface area contributed by atoms with Crippen molar-refractivity contribution in [2.24, 2.45) is 0 Å². The lowest BCUT2D eigenvalue weighted by Gasteiger charge is -2.07. The van der Waals surface area contributed by atoms with Crippen LogP contribution in [0.15, 0.2) is 35.7 Å². The highest BCUT2D eigenvalue weighted by molar-refractivity contribution is 7.12. The van der Waals surface area contributed by atoms with Crippen LogP contribution in [0.4, 0.5) is 0 Å². The van der Waals surface area contributed by atoms with Crippen molar-refractivity contribution in [3.05, 3.63) is 57.3 Å². The summed E-state index contributed by atoms with van der Waals surface area (Å²) in [5.41, 5.74) is 1.82. The second kappa shape index (κ2) is 5.99. The smallest absolute Gasteiger partial charge is 0.307 e.